The molecule has 9 heteroatoms. The van der Waals surface area contributed by atoms with E-state index in [-0.39, 0.29) is 27.8 Å². The Morgan fingerprint density at radius 2 is 1.88 bits per heavy atom. The summed E-state index contributed by atoms with van der Waals surface area (Å²) in [6, 6.07) is 6.53. The average molecular weight is 389 g/mol. The van der Waals surface area contributed by atoms with E-state index in [4.69, 9.17) is 26.2 Å². The van der Waals surface area contributed by atoms with Crippen molar-refractivity contribution in [3.05, 3.63) is 52.5 Å². The van der Waals surface area contributed by atoms with Gasteiger partial charge in [0.15, 0.2) is 12.4 Å². The van der Waals surface area contributed by atoms with Crippen molar-refractivity contribution in [1.29, 1.82) is 0 Å². The van der Waals surface area contributed by atoms with Crippen LogP contribution in [0.3, 0.4) is 0 Å². The number of alkyl halides is 3. The maximum atomic E-state index is 12.7. The lowest BCUT2D eigenvalue weighted by molar-refractivity contribution is -0.144. The highest BCUT2D eigenvalue weighted by atomic mass is 35.5. The standard InChI is InChI=1S/C17H12ClF3O5/c1-9(16(23)24)25-15-7-12(4-2-10(15)8-22)26-14-5-3-11(6-13(14)18)17(19,20)21/h2-9H,1H3,(H,23,24). The molecule has 0 saturated carbocycles. The van der Waals surface area contributed by atoms with E-state index in [1.165, 1.54) is 25.1 Å². The number of hydrogen-bond acceptors (Lipinski definition) is 4. The SMILES string of the molecule is CC(Oc1cc(Oc2ccc(C(F)(F)F)cc2Cl)ccc1C=O)C(=O)O. The zero-order valence-corrected chi connectivity index (χ0v) is 14.0. The second-order valence-corrected chi connectivity index (χ2v) is 5.57. The summed E-state index contributed by atoms with van der Waals surface area (Å²) < 4.78 is 48.6. The molecule has 0 aliphatic carbocycles. The second kappa shape index (κ2) is 7.65. The molecule has 138 valence electrons. The monoisotopic (exact) mass is 388 g/mol. The van der Waals surface area contributed by atoms with E-state index in [1.54, 1.807) is 0 Å². The van der Waals surface area contributed by atoms with Crippen molar-refractivity contribution in [3.63, 3.8) is 0 Å². The Balaban J connectivity index is 2.30. The number of rotatable bonds is 6. The van der Waals surface area contributed by atoms with E-state index in [0.29, 0.717) is 6.29 Å². The van der Waals surface area contributed by atoms with Crippen LogP contribution in [0, 0.1) is 0 Å². The molecule has 2 aromatic rings. The van der Waals surface area contributed by atoms with Gasteiger partial charge in [-0.1, -0.05) is 11.6 Å². The van der Waals surface area contributed by atoms with Gasteiger partial charge < -0.3 is 14.6 Å². The molecule has 2 aromatic carbocycles. The molecular formula is C17H12ClF3O5. The molecule has 26 heavy (non-hydrogen) atoms. The summed E-state index contributed by atoms with van der Waals surface area (Å²) in [5, 5.41) is 8.62. The molecule has 1 atom stereocenters. The van der Waals surface area contributed by atoms with Gasteiger partial charge in [-0.2, -0.15) is 13.2 Å². The molecule has 0 heterocycles. The molecule has 5 nitrogen and oxygen atoms in total. The first kappa shape index (κ1) is 19.6. The average Bonchev–Trinajstić information content (AvgIpc) is 2.56. The largest absolute Gasteiger partial charge is 0.479 e. The predicted molar refractivity (Wildman–Crippen MR) is 86.1 cm³/mol. The van der Waals surface area contributed by atoms with E-state index < -0.39 is 23.8 Å². The van der Waals surface area contributed by atoms with Crippen LogP contribution < -0.4 is 9.47 Å². The highest BCUT2D eigenvalue weighted by Crippen LogP contribution is 2.37. The molecule has 1 N–H and O–H groups in total. The second-order valence-electron chi connectivity index (χ2n) is 5.16. The van der Waals surface area contributed by atoms with E-state index in [9.17, 15) is 22.8 Å². The molecular weight excluding hydrogens is 377 g/mol. The molecule has 0 aliphatic heterocycles. The molecule has 0 radical (unpaired) electrons. The maximum absolute atomic E-state index is 12.7. The van der Waals surface area contributed by atoms with E-state index in [0.717, 1.165) is 18.2 Å². The van der Waals surface area contributed by atoms with Gasteiger partial charge in [-0.3, -0.25) is 4.79 Å². The summed E-state index contributed by atoms with van der Waals surface area (Å²) in [7, 11) is 0. The number of carbonyl (C=O) groups excluding carboxylic acids is 1. The van der Waals surface area contributed by atoms with E-state index >= 15 is 0 Å². The summed E-state index contributed by atoms with van der Waals surface area (Å²) in [5.74, 6) is -1.23. The Labute approximate surface area is 150 Å². The fourth-order valence-corrected chi connectivity index (χ4v) is 2.12. The first-order valence-corrected chi connectivity index (χ1v) is 7.53. The fraction of sp³-hybridized carbons (Fsp3) is 0.176. The van der Waals surface area contributed by atoms with Crippen LogP contribution in [0.15, 0.2) is 36.4 Å². The van der Waals surface area contributed by atoms with Crippen LogP contribution in [0.2, 0.25) is 5.02 Å². The molecule has 0 spiro atoms. The highest BCUT2D eigenvalue weighted by molar-refractivity contribution is 6.32. The predicted octanol–water partition coefficient (Wildman–Crippen LogP) is 4.82. The van der Waals surface area contributed by atoms with Crippen molar-refractivity contribution >= 4 is 23.9 Å². The van der Waals surface area contributed by atoms with Crippen molar-refractivity contribution in [3.8, 4) is 17.2 Å². The summed E-state index contributed by atoms with van der Waals surface area (Å²) in [4.78, 5) is 21.9. The van der Waals surface area contributed by atoms with Gasteiger partial charge in [0, 0.05) is 6.07 Å². The number of aldehydes is 1. The van der Waals surface area contributed by atoms with E-state index in [2.05, 4.69) is 0 Å². The topological polar surface area (TPSA) is 72.8 Å². The molecule has 1 unspecified atom stereocenters. The van der Waals surface area contributed by atoms with Crippen LogP contribution in [0.4, 0.5) is 13.2 Å². The van der Waals surface area contributed by atoms with Gasteiger partial charge in [-0.05, 0) is 37.3 Å². The third-order valence-electron chi connectivity index (χ3n) is 3.25. The zero-order chi connectivity index (χ0) is 19.5. The summed E-state index contributed by atoms with van der Waals surface area (Å²) in [5.41, 5.74) is -0.838. The number of aliphatic carboxylic acids is 1. The van der Waals surface area contributed by atoms with Gasteiger partial charge in [0.1, 0.15) is 17.2 Å². The zero-order valence-electron chi connectivity index (χ0n) is 13.2. The maximum Gasteiger partial charge on any atom is 0.416 e. The molecule has 2 rings (SSSR count). The molecule has 0 aliphatic rings. The van der Waals surface area contributed by atoms with Gasteiger partial charge in [0.25, 0.3) is 0 Å². The lowest BCUT2D eigenvalue weighted by Gasteiger charge is -2.15. The minimum Gasteiger partial charge on any atom is -0.479 e. The number of carboxylic acid groups (broad SMARTS) is 1. The van der Waals surface area contributed by atoms with Crippen LogP contribution >= 0.6 is 11.6 Å². The Morgan fingerprint density at radius 1 is 1.19 bits per heavy atom. The van der Waals surface area contributed by atoms with Gasteiger partial charge in [-0.15, -0.1) is 0 Å². The lowest BCUT2D eigenvalue weighted by atomic mass is 10.2. The van der Waals surface area contributed by atoms with Crippen molar-refractivity contribution in [2.45, 2.75) is 19.2 Å². The summed E-state index contributed by atoms with van der Waals surface area (Å²) >= 11 is 5.82. The molecule has 0 saturated heterocycles. The Bertz CT molecular complexity index is 836. The molecule has 0 aromatic heterocycles. The molecule has 0 amide bonds. The smallest absolute Gasteiger partial charge is 0.416 e. The van der Waals surface area contributed by atoms with Gasteiger partial charge in [0.05, 0.1) is 16.1 Å². The first-order valence-electron chi connectivity index (χ1n) is 7.15. The van der Waals surface area contributed by atoms with Crippen LogP contribution in [0.25, 0.3) is 0 Å². The molecule has 0 bridgehead atoms. The normalized spacial score (nSPS) is 12.3. The van der Waals surface area contributed by atoms with E-state index in [1.807, 2.05) is 0 Å². The van der Waals surface area contributed by atoms with Gasteiger partial charge >= 0.3 is 12.1 Å². The minimum atomic E-state index is -4.54. The fourth-order valence-electron chi connectivity index (χ4n) is 1.91. The molecule has 0 fully saturated rings. The number of halogens is 4. The summed E-state index contributed by atoms with van der Waals surface area (Å²) in [6.45, 7) is 1.27. The van der Waals surface area contributed by atoms with Crippen LogP contribution in [0.1, 0.15) is 22.8 Å². The van der Waals surface area contributed by atoms with Crippen molar-refractivity contribution in [2.75, 3.05) is 0 Å². The number of carboxylic acids is 1. The third-order valence-corrected chi connectivity index (χ3v) is 3.55. The van der Waals surface area contributed by atoms with Crippen LogP contribution in [-0.2, 0) is 11.0 Å². The highest BCUT2D eigenvalue weighted by Gasteiger charge is 2.31. The van der Waals surface area contributed by atoms with Crippen molar-refractivity contribution in [2.24, 2.45) is 0 Å². The van der Waals surface area contributed by atoms with Crippen LogP contribution in [-0.4, -0.2) is 23.5 Å². The summed E-state index contributed by atoms with van der Waals surface area (Å²) in [6.07, 6.45) is -5.29. The minimum absolute atomic E-state index is 0.0456. The number of hydrogen-bond donors (Lipinski definition) is 1. The van der Waals surface area contributed by atoms with Gasteiger partial charge in [-0.25, -0.2) is 4.79 Å². The first-order chi connectivity index (χ1) is 12.1. The quantitative estimate of drug-likeness (QED) is 0.718. The Hall–Kier alpha value is -2.74. The number of carbonyl (C=O) groups is 2. The number of ether oxygens (including phenoxy) is 2. The Kier molecular flexibility index (Phi) is 5.76. The number of benzene rings is 2. The van der Waals surface area contributed by atoms with Crippen molar-refractivity contribution in [1.82, 2.24) is 0 Å². The third kappa shape index (κ3) is 4.66. The van der Waals surface area contributed by atoms with Crippen LogP contribution in [0.5, 0.6) is 17.2 Å². The van der Waals surface area contributed by atoms with Gasteiger partial charge in [0.2, 0.25) is 0 Å². The lowest BCUT2D eigenvalue weighted by Crippen LogP contribution is -2.23. The van der Waals surface area contributed by atoms with Crippen molar-refractivity contribution < 1.29 is 37.3 Å². The Morgan fingerprint density at radius 3 is 2.42 bits per heavy atom.